The molecule has 3 aromatic rings. The Balaban J connectivity index is 1.55. The highest BCUT2D eigenvalue weighted by Gasteiger charge is 2.24. The molecule has 3 heterocycles. The highest BCUT2D eigenvalue weighted by molar-refractivity contribution is 5.74. The molecule has 1 fully saturated rings. The topological polar surface area (TPSA) is 94.6 Å². The van der Waals surface area contributed by atoms with Crippen LogP contribution in [0.4, 0.5) is 17.2 Å². The third kappa shape index (κ3) is 5.38. The average Bonchev–Trinajstić information content (AvgIpc) is 3.01. The molecule has 8 heteroatoms. The van der Waals surface area contributed by atoms with Crippen molar-refractivity contribution in [3.63, 3.8) is 0 Å². The molecule has 3 N–H and O–H groups in total. The van der Waals surface area contributed by atoms with Crippen molar-refractivity contribution >= 4 is 17.2 Å². The molecule has 0 saturated carbocycles. The number of para-hydroxylation sites is 1. The number of nitrogens with zero attached hydrogens (tertiary/aromatic N) is 6. The summed E-state index contributed by atoms with van der Waals surface area (Å²) in [5.41, 5.74) is 10.2. The van der Waals surface area contributed by atoms with Crippen LogP contribution in [0.25, 0.3) is 11.3 Å². The van der Waals surface area contributed by atoms with Crippen LogP contribution in [-0.4, -0.2) is 71.5 Å². The van der Waals surface area contributed by atoms with Gasteiger partial charge in [-0.2, -0.15) is 0 Å². The van der Waals surface area contributed by atoms with Crippen molar-refractivity contribution in [3.05, 3.63) is 54.4 Å². The maximum absolute atomic E-state index is 10.2. The first-order valence-corrected chi connectivity index (χ1v) is 11.4. The van der Waals surface area contributed by atoms with Crippen molar-refractivity contribution < 1.29 is 5.11 Å². The molecule has 2 aromatic heterocycles. The van der Waals surface area contributed by atoms with Crippen molar-refractivity contribution in [1.82, 2.24) is 20.1 Å². The predicted molar refractivity (Wildman–Crippen MR) is 137 cm³/mol. The van der Waals surface area contributed by atoms with Gasteiger partial charge in [0.1, 0.15) is 11.4 Å². The molecule has 1 aromatic carbocycles. The number of aromatic hydroxyl groups is 1. The van der Waals surface area contributed by atoms with E-state index in [0.717, 1.165) is 43.1 Å². The molecule has 0 radical (unpaired) electrons. The fourth-order valence-electron chi connectivity index (χ4n) is 4.10. The Morgan fingerprint density at radius 1 is 1.12 bits per heavy atom. The molecule has 1 aliphatic rings. The summed E-state index contributed by atoms with van der Waals surface area (Å²) in [5, 5.41) is 18.6. The van der Waals surface area contributed by atoms with E-state index in [1.54, 1.807) is 12.1 Å². The monoisotopic (exact) mass is 457 g/mol. The largest absolute Gasteiger partial charge is 0.507 e. The second-order valence-electron chi connectivity index (χ2n) is 8.77. The van der Waals surface area contributed by atoms with E-state index in [4.69, 9.17) is 5.73 Å². The van der Waals surface area contributed by atoms with Crippen molar-refractivity contribution in [2.75, 3.05) is 55.8 Å². The van der Waals surface area contributed by atoms with Crippen LogP contribution in [-0.2, 0) is 0 Å². The molecule has 1 aliphatic heterocycles. The zero-order valence-corrected chi connectivity index (χ0v) is 19.9. The van der Waals surface area contributed by atoms with Gasteiger partial charge < -0.3 is 20.6 Å². The number of nitrogens with two attached hydrogens (primary N) is 1. The van der Waals surface area contributed by atoms with Crippen molar-refractivity contribution in [3.8, 4) is 28.8 Å². The molecule has 1 saturated heterocycles. The number of hydrogen-bond acceptors (Lipinski definition) is 8. The number of aromatic nitrogens is 3. The van der Waals surface area contributed by atoms with Crippen LogP contribution in [0.15, 0.2) is 48.7 Å². The zero-order valence-electron chi connectivity index (χ0n) is 19.9. The van der Waals surface area contributed by atoms with E-state index in [2.05, 4.69) is 49.8 Å². The van der Waals surface area contributed by atoms with Gasteiger partial charge in [-0.25, -0.2) is 4.98 Å². The van der Waals surface area contributed by atoms with Crippen LogP contribution in [0.2, 0.25) is 0 Å². The van der Waals surface area contributed by atoms with E-state index in [1.165, 1.54) is 0 Å². The van der Waals surface area contributed by atoms with E-state index >= 15 is 0 Å². The fourth-order valence-corrected chi connectivity index (χ4v) is 4.10. The van der Waals surface area contributed by atoms with Gasteiger partial charge in [0.15, 0.2) is 5.82 Å². The van der Waals surface area contributed by atoms with Crippen molar-refractivity contribution in [2.24, 2.45) is 0 Å². The Bertz CT molecular complexity index is 1200. The quantitative estimate of drug-likeness (QED) is 0.578. The van der Waals surface area contributed by atoms with Gasteiger partial charge >= 0.3 is 0 Å². The number of anilines is 3. The molecule has 176 valence electrons. The van der Waals surface area contributed by atoms with Gasteiger partial charge in [-0.15, -0.1) is 10.2 Å². The third-order valence-corrected chi connectivity index (χ3v) is 5.97. The Labute approximate surface area is 201 Å². The molecular formula is C26H31N7O. The molecule has 34 heavy (non-hydrogen) atoms. The lowest BCUT2D eigenvalue weighted by molar-refractivity contribution is 0.464. The van der Waals surface area contributed by atoms with Crippen LogP contribution in [0, 0.1) is 11.8 Å². The first-order valence-electron chi connectivity index (χ1n) is 11.4. The number of hydrogen-bond donors (Lipinski definition) is 2. The minimum absolute atomic E-state index is 0.172. The highest BCUT2D eigenvalue weighted by atomic mass is 16.3. The Kier molecular flexibility index (Phi) is 7.14. The van der Waals surface area contributed by atoms with Gasteiger partial charge in [-0.1, -0.05) is 18.1 Å². The number of pyridine rings is 1. The Morgan fingerprint density at radius 3 is 2.74 bits per heavy atom. The van der Waals surface area contributed by atoms with E-state index in [9.17, 15) is 5.11 Å². The molecule has 0 aliphatic carbocycles. The van der Waals surface area contributed by atoms with Crippen LogP contribution in [0.5, 0.6) is 5.75 Å². The molecule has 1 atom stereocenters. The zero-order chi connectivity index (χ0) is 24.1. The summed E-state index contributed by atoms with van der Waals surface area (Å²) in [6, 6.07) is 13.5. The van der Waals surface area contributed by atoms with Crippen LogP contribution < -0.4 is 15.5 Å². The van der Waals surface area contributed by atoms with Gasteiger partial charge in [0.25, 0.3) is 0 Å². The summed E-state index contributed by atoms with van der Waals surface area (Å²) in [5.74, 6) is 6.88. The minimum atomic E-state index is 0.172. The standard InChI is InChI=1S/C26H31N7O/c1-19-11-14-32(24-18-23(29-30-26(24)27)22-8-4-5-9-25(22)34)15-16-33(19)21-10-12-28-20(17-21)7-6-13-31(2)3/h4-5,8-10,12,17-19,34H,11,13-16H2,1-3H3,(H2,27,30)/t19-/m0/s1. The van der Waals surface area contributed by atoms with E-state index in [1.807, 2.05) is 49.5 Å². The average molecular weight is 458 g/mol. The summed E-state index contributed by atoms with van der Waals surface area (Å²) < 4.78 is 0. The fraction of sp³-hybridized carbons (Fsp3) is 0.346. The van der Waals surface area contributed by atoms with Crippen molar-refractivity contribution in [1.29, 1.82) is 0 Å². The maximum atomic E-state index is 10.2. The lowest BCUT2D eigenvalue weighted by Gasteiger charge is -2.29. The number of phenolic OH excluding ortho intramolecular Hbond substituents is 1. The summed E-state index contributed by atoms with van der Waals surface area (Å²) >= 11 is 0. The SMILES string of the molecule is C[C@H]1CCN(c2cc(-c3ccccc3O)nnc2N)CCN1c1ccnc(C#CCN(C)C)c1. The van der Waals surface area contributed by atoms with Gasteiger partial charge in [-0.05, 0) is 63.7 Å². The van der Waals surface area contributed by atoms with Crippen LogP contribution >= 0.6 is 0 Å². The summed E-state index contributed by atoms with van der Waals surface area (Å²) in [4.78, 5) is 11.1. The van der Waals surface area contributed by atoms with Crippen molar-refractivity contribution in [2.45, 2.75) is 19.4 Å². The highest BCUT2D eigenvalue weighted by Crippen LogP contribution is 2.32. The van der Waals surface area contributed by atoms with Crippen LogP contribution in [0.1, 0.15) is 19.0 Å². The van der Waals surface area contributed by atoms with Gasteiger partial charge in [0, 0.05) is 43.1 Å². The van der Waals surface area contributed by atoms with Gasteiger partial charge in [0.2, 0.25) is 0 Å². The molecule has 0 bridgehead atoms. The first-order chi connectivity index (χ1) is 16.4. The second-order valence-corrected chi connectivity index (χ2v) is 8.77. The maximum Gasteiger partial charge on any atom is 0.169 e. The van der Waals surface area contributed by atoms with Gasteiger partial charge in [0.05, 0.1) is 17.9 Å². The molecule has 0 spiro atoms. The normalized spacial score (nSPS) is 16.2. The lowest BCUT2D eigenvalue weighted by atomic mass is 10.1. The van der Waals surface area contributed by atoms with Crippen LogP contribution in [0.3, 0.4) is 0 Å². The molecule has 8 nitrogen and oxygen atoms in total. The number of phenols is 1. The second kappa shape index (κ2) is 10.4. The van der Waals surface area contributed by atoms with E-state index < -0.39 is 0 Å². The summed E-state index contributed by atoms with van der Waals surface area (Å²) in [6.07, 6.45) is 2.78. The minimum Gasteiger partial charge on any atom is -0.507 e. The van der Waals surface area contributed by atoms with Gasteiger partial charge in [-0.3, -0.25) is 4.90 Å². The molecular weight excluding hydrogens is 426 g/mol. The Hall–Kier alpha value is -3.83. The lowest BCUT2D eigenvalue weighted by Crippen LogP contribution is -2.35. The molecule has 0 unspecified atom stereocenters. The number of benzene rings is 1. The summed E-state index contributed by atoms with van der Waals surface area (Å²) in [6.45, 7) is 5.39. The van der Waals surface area contributed by atoms with E-state index in [-0.39, 0.29) is 5.75 Å². The third-order valence-electron chi connectivity index (χ3n) is 5.97. The number of rotatable bonds is 4. The predicted octanol–water partition coefficient (Wildman–Crippen LogP) is 2.84. The smallest absolute Gasteiger partial charge is 0.169 e. The first kappa shape index (κ1) is 23.3. The molecule has 4 rings (SSSR count). The molecule has 0 amide bonds. The Morgan fingerprint density at radius 2 is 1.94 bits per heavy atom. The van der Waals surface area contributed by atoms with E-state index in [0.29, 0.717) is 29.7 Å². The summed E-state index contributed by atoms with van der Waals surface area (Å²) in [7, 11) is 4.00. The number of nitrogen functional groups attached to an aromatic ring is 1.